The van der Waals surface area contributed by atoms with Crippen LogP contribution < -0.4 is 10.6 Å². The zero-order valence-electron chi connectivity index (χ0n) is 12.2. The molecule has 1 aromatic rings. The molecule has 2 aliphatic heterocycles. The molecule has 23 heavy (non-hydrogen) atoms. The Morgan fingerprint density at radius 2 is 2.09 bits per heavy atom. The van der Waals surface area contributed by atoms with Gasteiger partial charge in [-0.25, -0.2) is 0 Å². The van der Waals surface area contributed by atoms with Crippen molar-refractivity contribution >= 4 is 29.4 Å². The molecule has 1 saturated heterocycles. The summed E-state index contributed by atoms with van der Waals surface area (Å²) in [6, 6.07) is 3.79. The molecular weight excluding hydrogens is 302 g/mol. The fourth-order valence-corrected chi connectivity index (χ4v) is 2.91. The second-order valence-corrected chi connectivity index (χ2v) is 5.40. The highest BCUT2D eigenvalue weighted by atomic mass is 16.4. The lowest BCUT2D eigenvalue weighted by Gasteiger charge is -2.28. The van der Waals surface area contributed by atoms with E-state index in [1.165, 1.54) is 12.1 Å². The van der Waals surface area contributed by atoms with Crippen LogP contribution in [-0.2, 0) is 9.59 Å². The van der Waals surface area contributed by atoms with Gasteiger partial charge < -0.3 is 15.7 Å². The summed E-state index contributed by atoms with van der Waals surface area (Å²) < 4.78 is 0. The lowest BCUT2D eigenvalue weighted by molar-refractivity contribution is -0.135. The van der Waals surface area contributed by atoms with Gasteiger partial charge in [0, 0.05) is 12.2 Å². The molecule has 1 unspecified atom stereocenters. The Morgan fingerprint density at radius 3 is 2.78 bits per heavy atom. The summed E-state index contributed by atoms with van der Waals surface area (Å²) in [4.78, 5) is 48.8. The number of anilines is 1. The molecule has 1 fully saturated rings. The lowest BCUT2D eigenvalue weighted by atomic mass is 10.1. The number of fused-ring (bicyclic) bond motifs is 1. The number of amides is 3. The van der Waals surface area contributed by atoms with Gasteiger partial charge in [-0.3, -0.25) is 24.1 Å². The molecule has 3 N–H and O–H groups in total. The number of piperidine rings is 1. The standard InChI is InChI=1S/C15H15N3O5/c19-11(20)7-17-9-4-1-3-8-12(9)15(23)18(14(8)22)10-5-2-6-16-13(10)21/h1,3-4,10,17H,2,5-7H2,(H,16,21)(H,19,20). The summed E-state index contributed by atoms with van der Waals surface area (Å²) in [5, 5.41) is 14.0. The van der Waals surface area contributed by atoms with Crippen LogP contribution in [0.25, 0.3) is 0 Å². The van der Waals surface area contributed by atoms with Crippen molar-refractivity contribution in [2.45, 2.75) is 18.9 Å². The summed E-state index contributed by atoms with van der Waals surface area (Å²) in [5.74, 6) is -2.51. The lowest BCUT2D eigenvalue weighted by Crippen LogP contribution is -2.52. The molecule has 3 rings (SSSR count). The topological polar surface area (TPSA) is 116 Å². The fourth-order valence-electron chi connectivity index (χ4n) is 2.91. The van der Waals surface area contributed by atoms with Gasteiger partial charge in [-0.05, 0) is 25.0 Å². The Bertz CT molecular complexity index is 715. The van der Waals surface area contributed by atoms with Crippen LogP contribution in [0.5, 0.6) is 0 Å². The predicted molar refractivity (Wildman–Crippen MR) is 79.1 cm³/mol. The number of aliphatic carboxylic acids is 1. The Kier molecular flexibility index (Phi) is 3.73. The van der Waals surface area contributed by atoms with Gasteiger partial charge >= 0.3 is 5.97 Å². The van der Waals surface area contributed by atoms with Gasteiger partial charge in [0.15, 0.2) is 0 Å². The first-order chi connectivity index (χ1) is 11.0. The Balaban J connectivity index is 1.95. The van der Waals surface area contributed by atoms with E-state index in [-0.39, 0.29) is 29.3 Å². The largest absolute Gasteiger partial charge is 0.480 e. The van der Waals surface area contributed by atoms with E-state index in [1.54, 1.807) is 6.07 Å². The molecule has 0 saturated carbocycles. The Labute approximate surface area is 131 Å². The third-order valence-corrected chi connectivity index (χ3v) is 3.94. The number of nitrogens with one attached hydrogen (secondary N) is 2. The highest BCUT2D eigenvalue weighted by Gasteiger charge is 2.44. The molecule has 0 aromatic heterocycles. The first-order valence-corrected chi connectivity index (χ1v) is 7.25. The smallest absolute Gasteiger partial charge is 0.322 e. The fraction of sp³-hybridized carbons (Fsp3) is 0.333. The summed E-state index contributed by atoms with van der Waals surface area (Å²) in [5.41, 5.74) is 0.586. The van der Waals surface area contributed by atoms with E-state index < -0.39 is 23.8 Å². The first-order valence-electron chi connectivity index (χ1n) is 7.25. The van der Waals surface area contributed by atoms with Crippen molar-refractivity contribution in [1.82, 2.24) is 10.2 Å². The zero-order valence-corrected chi connectivity index (χ0v) is 12.2. The summed E-state index contributed by atoms with van der Waals surface area (Å²) >= 11 is 0. The van der Waals surface area contributed by atoms with Crippen molar-refractivity contribution in [3.8, 4) is 0 Å². The van der Waals surface area contributed by atoms with E-state index in [0.29, 0.717) is 19.4 Å². The third kappa shape index (κ3) is 2.52. The van der Waals surface area contributed by atoms with Crippen molar-refractivity contribution in [2.24, 2.45) is 0 Å². The van der Waals surface area contributed by atoms with E-state index in [4.69, 9.17) is 5.11 Å². The number of carbonyl (C=O) groups excluding carboxylic acids is 3. The van der Waals surface area contributed by atoms with Gasteiger partial charge in [-0.1, -0.05) is 6.07 Å². The zero-order chi connectivity index (χ0) is 16.6. The van der Waals surface area contributed by atoms with Crippen molar-refractivity contribution in [3.63, 3.8) is 0 Å². The number of rotatable bonds is 4. The first kappa shape index (κ1) is 15.0. The minimum Gasteiger partial charge on any atom is -0.480 e. The molecule has 1 aromatic carbocycles. The molecule has 0 radical (unpaired) electrons. The van der Waals surface area contributed by atoms with E-state index in [0.717, 1.165) is 4.90 Å². The second-order valence-electron chi connectivity index (χ2n) is 5.40. The van der Waals surface area contributed by atoms with Crippen LogP contribution in [0.3, 0.4) is 0 Å². The highest BCUT2D eigenvalue weighted by molar-refractivity contribution is 6.25. The maximum atomic E-state index is 12.7. The van der Waals surface area contributed by atoms with Gasteiger partial charge in [0.1, 0.15) is 12.6 Å². The molecule has 0 spiro atoms. The molecule has 8 heteroatoms. The summed E-state index contributed by atoms with van der Waals surface area (Å²) in [7, 11) is 0. The molecular formula is C15H15N3O5. The van der Waals surface area contributed by atoms with Crippen LogP contribution in [0.2, 0.25) is 0 Å². The monoisotopic (exact) mass is 317 g/mol. The maximum absolute atomic E-state index is 12.7. The van der Waals surface area contributed by atoms with E-state index >= 15 is 0 Å². The molecule has 1 atom stereocenters. The predicted octanol–water partition coefficient (Wildman–Crippen LogP) is 0.0577. The number of carboxylic acid groups (broad SMARTS) is 1. The minimum atomic E-state index is -1.08. The Morgan fingerprint density at radius 1 is 1.30 bits per heavy atom. The average molecular weight is 317 g/mol. The number of carboxylic acids is 1. The summed E-state index contributed by atoms with van der Waals surface area (Å²) in [6.45, 7) is 0.158. The number of imide groups is 1. The normalized spacial score (nSPS) is 20.3. The molecule has 2 aliphatic rings. The summed E-state index contributed by atoms with van der Waals surface area (Å²) in [6.07, 6.45) is 1.11. The van der Waals surface area contributed by atoms with Gasteiger partial charge in [0.25, 0.3) is 11.8 Å². The van der Waals surface area contributed by atoms with Crippen LogP contribution in [0.15, 0.2) is 18.2 Å². The quantitative estimate of drug-likeness (QED) is 0.676. The SMILES string of the molecule is O=C(O)CNc1cccc2c1C(=O)N(C1CCCNC1=O)C2=O. The van der Waals surface area contributed by atoms with Crippen LogP contribution in [-0.4, -0.2) is 52.8 Å². The maximum Gasteiger partial charge on any atom is 0.322 e. The van der Waals surface area contributed by atoms with Gasteiger partial charge in [0.05, 0.1) is 11.1 Å². The van der Waals surface area contributed by atoms with Crippen molar-refractivity contribution in [2.75, 3.05) is 18.4 Å². The molecule has 2 heterocycles. The van der Waals surface area contributed by atoms with Gasteiger partial charge in [-0.2, -0.15) is 0 Å². The minimum absolute atomic E-state index is 0.122. The van der Waals surface area contributed by atoms with E-state index in [9.17, 15) is 19.2 Å². The van der Waals surface area contributed by atoms with Crippen molar-refractivity contribution in [3.05, 3.63) is 29.3 Å². The van der Waals surface area contributed by atoms with Crippen LogP contribution in [0.1, 0.15) is 33.6 Å². The Hall–Kier alpha value is -2.90. The average Bonchev–Trinajstić information content (AvgIpc) is 2.78. The number of hydrogen-bond acceptors (Lipinski definition) is 5. The third-order valence-electron chi connectivity index (χ3n) is 3.94. The van der Waals surface area contributed by atoms with Crippen LogP contribution >= 0.6 is 0 Å². The number of hydrogen-bond donors (Lipinski definition) is 3. The number of benzene rings is 1. The molecule has 0 aliphatic carbocycles. The molecule has 3 amide bonds. The van der Waals surface area contributed by atoms with E-state index in [2.05, 4.69) is 10.6 Å². The van der Waals surface area contributed by atoms with Gasteiger partial charge in [-0.15, -0.1) is 0 Å². The van der Waals surface area contributed by atoms with E-state index in [1.807, 2.05) is 0 Å². The molecule has 8 nitrogen and oxygen atoms in total. The molecule has 0 bridgehead atoms. The van der Waals surface area contributed by atoms with Crippen LogP contribution in [0, 0.1) is 0 Å². The van der Waals surface area contributed by atoms with Gasteiger partial charge in [0.2, 0.25) is 5.91 Å². The van der Waals surface area contributed by atoms with Crippen molar-refractivity contribution in [1.29, 1.82) is 0 Å². The second kappa shape index (κ2) is 5.71. The number of nitrogens with zero attached hydrogens (tertiary/aromatic N) is 1. The molecule has 120 valence electrons. The number of carbonyl (C=O) groups is 4. The van der Waals surface area contributed by atoms with Crippen LogP contribution in [0.4, 0.5) is 5.69 Å². The van der Waals surface area contributed by atoms with Crippen molar-refractivity contribution < 1.29 is 24.3 Å². The highest BCUT2D eigenvalue weighted by Crippen LogP contribution is 2.32.